The zero-order valence-corrected chi connectivity index (χ0v) is 9.26. The maximum absolute atomic E-state index is 12.5. The second kappa shape index (κ2) is 5.63. The van der Waals surface area contributed by atoms with E-state index in [-0.39, 0.29) is 6.92 Å². The lowest BCUT2D eigenvalue weighted by molar-refractivity contribution is -0.358. The smallest absolute Gasteiger partial charge is 0.449 e. The van der Waals surface area contributed by atoms with Gasteiger partial charge in [-0.2, -0.15) is 26.3 Å². The van der Waals surface area contributed by atoms with E-state index in [0.29, 0.717) is 0 Å². The van der Waals surface area contributed by atoms with Crippen molar-refractivity contribution in [3.8, 4) is 0 Å². The highest BCUT2D eigenvalue weighted by molar-refractivity contribution is 5.85. The normalized spacial score (nSPS) is 13.1. The fourth-order valence-corrected chi connectivity index (χ4v) is 1.01. The average molecular weight is 298 g/mol. The summed E-state index contributed by atoms with van der Waals surface area (Å²) in [5.41, 5.74) is -5.42. The van der Waals surface area contributed by atoms with E-state index in [1.165, 1.54) is 0 Å². The quantitative estimate of drug-likeness (QED) is 0.618. The molecule has 0 saturated heterocycles. The molecule has 0 aromatic carbocycles. The van der Waals surface area contributed by atoms with Crippen LogP contribution in [0.4, 0.5) is 26.3 Å². The van der Waals surface area contributed by atoms with Gasteiger partial charge in [0.1, 0.15) is 6.61 Å². The fraction of sp³-hybridized carbons (Fsp3) is 0.750. The predicted molar refractivity (Wildman–Crippen MR) is 44.7 cm³/mol. The van der Waals surface area contributed by atoms with Crippen LogP contribution < -0.4 is 0 Å². The zero-order valence-electron chi connectivity index (χ0n) is 9.26. The Hall–Kier alpha value is -1.52. The van der Waals surface area contributed by atoms with E-state index in [0.717, 1.165) is 0 Å². The van der Waals surface area contributed by atoms with Gasteiger partial charge in [0.2, 0.25) is 0 Å². The van der Waals surface area contributed by atoms with E-state index in [9.17, 15) is 35.9 Å². The van der Waals surface area contributed by atoms with Gasteiger partial charge in [-0.15, -0.1) is 0 Å². The number of ether oxygens (including phenoxy) is 2. The standard InChI is InChI=1S/C8H8F6O5/c1-4(16)19-6(7(9,10)11,8(12,13)14)5(17)18-3-2-15/h15H,2-3H2,1H3. The van der Waals surface area contributed by atoms with Crippen molar-refractivity contribution in [2.45, 2.75) is 24.9 Å². The zero-order chi connectivity index (χ0) is 15.5. The average Bonchev–Trinajstić information content (AvgIpc) is 2.18. The van der Waals surface area contributed by atoms with E-state index in [4.69, 9.17) is 5.11 Å². The van der Waals surface area contributed by atoms with Gasteiger partial charge in [-0.25, -0.2) is 4.79 Å². The molecule has 112 valence electrons. The Morgan fingerprint density at radius 1 is 1.05 bits per heavy atom. The number of hydrogen-bond acceptors (Lipinski definition) is 5. The van der Waals surface area contributed by atoms with E-state index in [2.05, 4.69) is 9.47 Å². The number of halogens is 6. The molecule has 0 fully saturated rings. The molecule has 0 aliphatic rings. The van der Waals surface area contributed by atoms with Gasteiger partial charge in [-0.3, -0.25) is 4.79 Å². The van der Waals surface area contributed by atoms with Crippen molar-refractivity contribution < 1.29 is 50.5 Å². The summed E-state index contributed by atoms with van der Waals surface area (Å²) in [6.07, 6.45) is -12.5. The molecule has 0 aliphatic heterocycles. The van der Waals surface area contributed by atoms with Crippen molar-refractivity contribution in [1.82, 2.24) is 0 Å². The van der Waals surface area contributed by atoms with Crippen LogP contribution in [0.5, 0.6) is 0 Å². The highest BCUT2D eigenvalue weighted by Crippen LogP contribution is 2.46. The number of esters is 2. The number of hydrogen-bond donors (Lipinski definition) is 1. The summed E-state index contributed by atoms with van der Waals surface area (Å²) in [5.74, 6) is -4.85. The largest absolute Gasteiger partial charge is 0.460 e. The minimum atomic E-state index is -6.27. The first-order valence-corrected chi connectivity index (χ1v) is 4.51. The Kier molecular flexibility index (Phi) is 5.18. The van der Waals surface area contributed by atoms with Crippen LogP contribution in [0.2, 0.25) is 0 Å². The van der Waals surface area contributed by atoms with Crippen LogP contribution >= 0.6 is 0 Å². The molecule has 0 rings (SSSR count). The molecule has 1 N–H and O–H groups in total. The molecule has 19 heavy (non-hydrogen) atoms. The van der Waals surface area contributed by atoms with Crippen LogP contribution in [-0.2, 0) is 19.1 Å². The second-order valence-electron chi connectivity index (χ2n) is 3.13. The van der Waals surface area contributed by atoms with Gasteiger partial charge >= 0.3 is 29.9 Å². The molecule has 0 spiro atoms. The summed E-state index contributed by atoms with van der Waals surface area (Å²) in [4.78, 5) is 21.5. The predicted octanol–water partition coefficient (Wildman–Crippen LogP) is 0.948. The maximum atomic E-state index is 12.5. The molecule has 0 atom stereocenters. The SMILES string of the molecule is CC(=O)OC(C(=O)OCCO)(C(F)(F)F)C(F)(F)F. The van der Waals surface area contributed by atoms with Crippen molar-refractivity contribution in [2.24, 2.45) is 0 Å². The number of alkyl halides is 6. The number of carbonyl (C=O) groups excluding carboxylic acids is 2. The van der Waals surface area contributed by atoms with Crippen molar-refractivity contribution >= 4 is 11.9 Å². The minimum absolute atomic E-state index is 0.269. The third kappa shape index (κ3) is 3.49. The number of carbonyl (C=O) groups is 2. The van der Waals surface area contributed by atoms with Gasteiger partial charge < -0.3 is 14.6 Å². The van der Waals surface area contributed by atoms with Crippen LogP contribution in [0.1, 0.15) is 6.92 Å². The summed E-state index contributed by atoms with van der Waals surface area (Å²) < 4.78 is 82.1. The summed E-state index contributed by atoms with van der Waals surface area (Å²) in [6.45, 7) is -1.85. The lowest BCUT2D eigenvalue weighted by Gasteiger charge is -2.33. The lowest BCUT2D eigenvalue weighted by Crippen LogP contribution is -2.65. The summed E-state index contributed by atoms with van der Waals surface area (Å²) in [6, 6.07) is 0. The van der Waals surface area contributed by atoms with Crippen LogP contribution in [0.25, 0.3) is 0 Å². The van der Waals surface area contributed by atoms with Crippen molar-refractivity contribution in [1.29, 1.82) is 0 Å². The van der Waals surface area contributed by atoms with Crippen LogP contribution in [0.3, 0.4) is 0 Å². The van der Waals surface area contributed by atoms with E-state index >= 15 is 0 Å². The monoisotopic (exact) mass is 298 g/mol. The fourth-order valence-electron chi connectivity index (χ4n) is 1.01. The Morgan fingerprint density at radius 2 is 1.47 bits per heavy atom. The molecule has 0 heterocycles. The Bertz CT molecular complexity index is 333. The Morgan fingerprint density at radius 3 is 1.74 bits per heavy atom. The number of aliphatic hydroxyl groups is 1. The van der Waals surface area contributed by atoms with Gasteiger partial charge in [0.05, 0.1) is 6.61 Å². The topological polar surface area (TPSA) is 72.8 Å². The van der Waals surface area contributed by atoms with E-state index < -0.39 is 43.1 Å². The van der Waals surface area contributed by atoms with Crippen LogP contribution in [0.15, 0.2) is 0 Å². The van der Waals surface area contributed by atoms with Crippen LogP contribution in [0, 0.1) is 0 Å². The minimum Gasteiger partial charge on any atom is -0.460 e. The second-order valence-corrected chi connectivity index (χ2v) is 3.13. The molecule has 0 aromatic rings. The van der Waals surface area contributed by atoms with Gasteiger partial charge in [0.25, 0.3) is 0 Å². The molecule has 0 aliphatic carbocycles. The first-order chi connectivity index (χ1) is 8.40. The molecule has 0 radical (unpaired) electrons. The highest BCUT2D eigenvalue weighted by atomic mass is 19.4. The molecule has 5 nitrogen and oxygen atoms in total. The summed E-state index contributed by atoms with van der Waals surface area (Å²) in [5, 5.41) is 8.22. The molecular weight excluding hydrogens is 290 g/mol. The number of aliphatic hydroxyl groups excluding tert-OH is 1. The summed E-state index contributed by atoms with van der Waals surface area (Å²) >= 11 is 0. The molecule has 0 bridgehead atoms. The first-order valence-electron chi connectivity index (χ1n) is 4.51. The van der Waals surface area contributed by atoms with Gasteiger partial charge in [0.15, 0.2) is 0 Å². The molecular formula is C8H8F6O5. The molecule has 0 aromatic heterocycles. The van der Waals surface area contributed by atoms with Gasteiger partial charge in [0, 0.05) is 6.92 Å². The van der Waals surface area contributed by atoms with Crippen molar-refractivity contribution in [3.05, 3.63) is 0 Å². The molecule has 0 amide bonds. The van der Waals surface area contributed by atoms with E-state index in [1.54, 1.807) is 0 Å². The summed E-state index contributed by atoms with van der Waals surface area (Å²) in [7, 11) is 0. The Balaban J connectivity index is 5.78. The first kappa shape index (κ1) is 17.5. The third-order valence-electron chi connectivity index (χ3n) is 1.71. The number of rotatable bonds is 4. The van der Waals surface area contributed by atoms with Gasteiger partial charge in [-0.05, 0) is 0 Å². The lowest BCUT2D eigenvalue weighted by atomic mass is 10.0. The molecule has 0 saturated carbocycles. The highest BCUT2D eigenvalue weighted by Gasteiger charge is 2.80. The van der Waals surface area contributed by atoms with Crippen molar-refractivity contribution in [2.75, 3.05) is 13.2 Å². The van der Waals surface area contributed by atoms with Crippen LogP contribution in [-0.4, -0.2) is 48.2 Å². The third-order valence-corrected chi connectivity index (χ3v) is 1.71. The molecule has 0 unspecified atom stereocenters. The maximum Gasteiger partial charge on any atom is 0.449 e. The molecule has 11 heteroatoms. The van der Waals surface area contributed by atoms with Crippen molar-refractivity contribution in [3.63, 3.8) is 0 Å². The van der Waals surface area contributed by atoms with E-state index in [1.807, 2.05) is 0 Å². The van der Waals surface area contributed by atoms with Gasteiger partial charge in [-0.1, -0.05) is 0 Å². The Labute approximate surface area is 102 Å².